The number of halogens is 1. The van der Waals surface area contributed by atoms with E-state index in [9.17, 15) is 9.18 Å². The summed E-state index contributed by atoms with van der Waals surface area (Å²) in [5.74, 6) is -0.469. The molecule has 0 spiro atoms. The molecule has 1 saturated heterocycles. The van der Waals surface area contributed by atoms with E-state index >= 15 is 0 Å². The average Bonchev–Trinajstić information content (AvgIpc) is 3.24. The van der Waals surface area contributed by atoms with Gasteiger partial charge in [-0.3, -0.25) is 9.78 Å². The zero-order chi connectivity index (χ0) is 21.2. The van der Waals surface area contributed by atoms with E-state index in [4.69, 9.17) is 4.42 Å². The van der Waals surface area contributed by atoms with Crippen molar-refractivity contribution in [1.82, 2.24) is 15.3 Å². The van der Waals surface area contributed by atoms with Crippen molar-refractivity contribution < 1.29 is 13.6 Å². The van der Waals surface area contributed by atoms with Crippen LogP contribution in [0.4, 0.5) is 10.4 Å². The molecule has 1 aliphatic heterocycles. The quantitative estimate of drug-likeness (QED) is 0.533. The van der Waals surface area contributed by atoms with Crippen LogP contribution >= 0.6 is 0 Å². The van der Waals surface area contributed by atoms with Crippen LogP contribution in [-0.4, -0.2) is 35.0 Å². The van der Waals surface area contributed by atoms with Gasteiger partial charge in [-0.05, 0) is 49.2 Å². The largest absolute Gasteiger partial charge is 0.423 e. The number of oxazole rings is 1. The van der Waals surface area contributed by atoms with Crippen molar-refractivity contribution in [3.05, 3.63) is 78.2 Å². The lowest BCUT2D eigenvalue weighted by Crippen LogP contribution is -2.44. The summed E-state index contributed by atoms with van der Waals surface area (Å²) in [5, 5.41) is 3.09. The highest BCUT2D eigenvalue weighted by Crippen LogP contribution is 2.24. The molecule has 1 N–H and O–H groups in total. The van der Waals surface area contributed by atoms with Crippen molar-refractivity contribution in [1.29, 1.82) is 0 Å². The molecule has 31 heavy (non-hydrogen) atoms. The molecule has 5 rings (SSSR count). The molecule has 7 heteroatoms. The third-order valence-corrected chi connectivity index (χ3v) is 5.53. The molecule has 1 fully saturated rings. The molecule has 156 valence electrons. The number of benzene rings is 2. The molecular formula is C24H21FN4O2. The average molecular weight is 416 g/mol. The van der Waals surface area contributed by atoms with Gasteiger partial charge in [0, 0.05) is 30.9 Å². The van der Waals surface area contributed by atoms with Gasteiger partial charge in [0.25, 0.3) is 11.9 Å². The molecule has 0 aliphatic carbocycles. The van der Waals surface area contributed by atoms with Crippen LogP contribution in [0.3, 0.4) is 0 Å². The van der Waals surface area contributed by atoms with Crippen LogP contribution < -0.4 is 10.2 Å². The van der Waals surface area contributed by atoms with Gasteiger partial charge in [0.2, 0.25) is 0 Å². The van der Waals surface area contributed by atoms with Crippen LogP contribution in [0, 0.1) is 5.82 Å². The summed E-state index contributed by atoms with van der Waals surface area (Å²) in [6.07, 6.45) is 3.14. The van der Waals surface area contributed by atoms with Crippen molar-refractivity contribution in [2.45, 2.75) is 18.9 Å². The molecule has 1 aliphatic rings. The third-order valence-electron chi connectivity index (χ3n) is 5.53. The van der Waals surface area contributed by atoms with E-state index in [1.54, 1.807) is 24.3 Å². The summed E-state index contributed by atoms with van der Waals surface area (Å²) >= 11 is 0. The van der Waals surface area contributed by atoms with E-state index in [2.05, 4.69) is 20.2 Å². The van der Waals surface area contributed by atoms with Crippen LogP contribution in [-0.2, 0) is 0 Å². The minimum atomic E-state index is -0.315. The summed E-state index contributed by atoms with van der Waals surface area (Å²) in [6, 6.07) is 18.1. The maximum Gasteiger partial charge on any atom is 0.298 e. The summed E-state index contributed by atoms with van der Waals surface area (Å²) < 4.78 is 19.2. The number of amides is 1. The summed E-state index contributed by atoms with van der Waals surface area (Å²) in [4.78, 5) is 23.6. The number of piperidine rings is 1. The Morgan fingerprint density at radius 1 is 1.06 bits per heavy atom. The number of para-hydroxylation sites is 2. The van der Waals surface area contributed by atoms with Crippen LogP contribution in [0.25, 0.3) is 22.4 Å². The number of carbonyl (C=O) groups excluding carboxylic acids is 1. The molecule has 0 radical (unpaired) electrons. The van der Waals surface area contributed by atoms with Crippen molar-refractivity contribution in [3.8, 4) is 11.3 Å². The zero-order valence-corrected chi connectivity index (χ0v) is 16.8. The van der Waals surface area contributed by atoms with Gasteiger partial charge in [0.05, 0.1) is 11.3 Å². The van der Waals surface area contributed by atoms with Crippen molar-refractivity contribution in [2.75, 3.05) is 18.0 Å². The molecule has 6 nitrogen and oxygen atoms in total. The Bertz CT molecular complexity index is 1180. The Kier molecular flexibility index (Phi) is 5.08. The van der Waals surface area contributed by atoms with Gasteiger partial charge in [-0.2, -0.15) is 4.98 Å². The number of aromatic nitrogens is 2. The van der Waals surface area contributed by atoms with Gasteiger partial charge >= 0.3 is 0 Å². The number of pyridine rings is 1. The maximum absolute atomic E-state index is 13.4. The highest BCUT2D eigenvalue weighted by atomic mass is 19.1. The number of hydrogen-bond acceptors (Lipinski definition) is 5. The summed E-state index contributed by atoms with van der Waals surface area (Å²) in [7, 11) is 0. The van der Waals surface area contributed by atoms with Gasteiger partial charge in [-0.25, -0.2) is 4.39 Å². The molecule has 4 aromatic rings. The summed E-state index contributed by atoms with van der Waals surface area (Å²) in [6.45, 7) is 1.52. The molecule has 0 bridgehead atoms. The first-order chi connectivity index (χ1) is 15.2. The van der Waals surface area contributed by atoms with Gasteiger partial charge in [-0.15, -0.1) is 0 Å². The number of carbonyl (C=O) groups is 1. The minimum absolute atomic E-state index is 0.0797. The van der Waals surface area contributed by atoms with Crippen LogP contribution in [0.2, 0.25) is 0 Å². The highest BCUT2D eigenvalue weighted by Gasteiger charge is 2.24. The Labute approximate surface area is 178 Å². The lowest BCUT2D eigenvalue weighted by molar-refractivity contribution is 0.0930. The second-order valence-corrected chi connectivity index (χ2v) is 7.64. The molecule has 0 atom stereocenters. The van der Waals surface area contributed by atoms with E-state index in [-0.39, 0.29) is 17.8 Å². The zero-order valence-electron chi connectivity index (χ0n) is 16.8. The first-order valence-electron chi connectivity index (χ1n) is 10.3. The fourth-order valence-electron chi connectivity index (χ4n) is 3.83. The Morgan fingerprint density at radius 2 is 1.90 bits per heavy atom. The summed E-state index contributed by atoms with van der Waals surface area (Å²) in [5.41, 5.74) is 3.42. The number of nitrogens with one attached hydrogen (secondary N) is 1. The number of anilines is 1. The second kappa shape index (κ2) is 8.18. The predicted molar refractivity (Wildman–Crippen MR) is 116 cm³/mol. The van der Waals surface area contributed by atoms with Crippen molar-refractivity contribution in [3.63, 3.8) is 0 Å². The number of nitrogens with zero attached hydrogens (tertiary/aromatic N) is 3. The normalized spacial score (nSPS) is 14.7. The Balaban J connectivity index is 1.19. The van der Waals surface area contributed by atoms with E-state index in [1.165, 1.54) is 18.3 Å². The van der Waals surface area contributed by atoms with Crippen LogP contribution in [0.5, 0.6) is 0 Å². The topological polar surface area (TPSA) is 71.3 Å². The van der Waals surface area contributed by atoms with Crippen LogP contribution in [0.1, 0.15) is 23.2 Å². The van der Waals surface area contributed by atoms with Crippen LogP contribution in [0.15, 0.2) is 71.3 Å². The highest BCUT2D eigenvalue weighted by molar-refractivity contribution is 5.94. The van der Waals surface area contributed by atoms with E-state index < -0.39 is 0 Å². The second-order valence-electron chi connectivity index (χ2n) is 7.64. The molecule has 0 saturated carbocycles. The van der Waals surface area contributed by atoms with E-state index in [0.717, 1.165) is 37.0 Å². The lowest BCUT2D eigenvalue weighted by atomic mass is 10.0. The van der Waals surface area contributed by atoms with Crippen molar-refractivity contribution >= 4 is 23.0 Å². The number of hydrogen-bond donors (Lipinski definition) is 1. The Hall–Kier alpha value is -3.74. The predicted octanol–water partition coefficient (Wildman–Crippen LogP) is 4.43. The third kappa shape index (κ3) is 4.12. The first-order valence-corrected chi connectivity index (χ1v) is 10.3. The smallest absolute Gasteiger partial charge is 0.298 e. The van der Waals surface area contributed by atoms with Gasteiger partial charge < -0.3 is 14.6 Å². The lowest BCUT2D eigenvalue weighted by Gasteiger charge is -2.31. The monoisotopic (exact) mass is 416 g/mol. The molecule has 2 aromatic carbocycles. The molecule has 0 unspecified atom stereocenters. The Morgan fingerprint density at radius 3 is 2.65 bits per heavy atom. The fraction of sp³-hybridized carbons (Fsp3) is 0.208. The maximum atomic E-state index is 13.4. The van der Waals surface area contributed by atoms with Crippen molar-refractivity contribution in [2.24, 2.45) is 0 Å². The van der Waals surface area contributed by atoms with Gasteiger partial charge in [-0.1, -0.05) is 24.3 Å². The SMILES string of the molecule is O=C(NC1CCN(c2nc3ccccc3o2)CC1)c1ccc(-c2cccc(F)c2)nc1. The molecule has 2 aromatic heterocycles. The molecule has 1 amide bonds. The minimum Gasteiger partial charge on any atom is -0.423 e. The van der Waals surface area contributed by atoms with Gasteiger partial charge in [0.15, 0.2) is 5.58 Å². The first kappa shape index (κ1) is 19.2. The molecule has 3 heterocycles. The van der Waals surface area contributed by atoms with E-state index in [0.29, 0.717) is 22.8 Å². The number of rotatable bonds is 4. The number of fused-ring (bicyclic) bond motifs is 1. The molecular weight excluding hydrogens is 395 g/mol. The van der Waals surface area contributed by atoms with Gasteiger partial charge in [0.1, 0.15) is 11.3 Å². The standard InChI is InChI=1S/C24H21FN4O2/c25-18-5-3-4-16(14-18)20-9-8-17(15-26-20)23(30)27-19-10-12-29(13-11-19)24-28-21-6-1-2-7-22(21)31-24/h1-9,14-15,19H,10-13H2,(H,27,30). The van der Waals surface area contributed by atoms with E-state index in [1.807, 2.05) is 24.3 Å². The fourth-order valence-corrected chi connectivity index (χ4v) is 3.83.